The number of hydrogen-bond donors (Lipinski definition) is 1. The van der Waals surface area contributed by atoms with Crippen LogP contribution in [0.15, 0.2) is 28.9 Å². The minimum atomic E-state index is 0.111. The molecule has 20 heavy (non-hydrogen) atoms. The van der Waals surface area contributed by atoms with Gasteiger partial charge in [-0.15, -0.1) is 0 Å². The summed E-state index contributed by atoms with van der Waals surface area (Å²) >= 11 is 3.27. The largest absolute Gasteiger partial charge is 0.424 e. The molecular weight excluding hydrogens is 318 g/mol. The van der Waals surface area contributed by atoms with Crippen molar-refractivity contribution in [2.45, 2.75) is 33.1 Å². The summed E-state index contributed by atoms with van der Waals surface area (Å²) in [6.07, 6.45) is 0. The Morgan fingerprint density at radius 1 is 1.15 bits per heavy atom. The van der Waals surface area contributed by atoms with Gasteiger partial charge >= 0.3 is 6.01 Å². The second kappa shape index (κ2) is 5.40. The van der Waals surface area contributed by atoms with Crippen LogP contribution in [0.1, 0.15) is 31.9 Å². The third-order valence-electron chi connectivity index (χ3n) is 2.94. The molecular formula is C15H18BrN3O. The maximum atomic E-state index is 5.71. The van der Waals surface area contributed by atoms with Crippen LogP contribution >= 0.6 is 15.9 Å². The highest BCUT2D eigenvalue weighted by molar-refractivity contribution is 9.10. The molecule has 0 aliphatic heterocycles. The molecule has 2 N–H and O–H groups in total. The number of halogens is 1. The van der Waals surface area contributed by atoms with E-state index >= 15 is 0 Å². The van der Waals surface area contributed by atoms with Crippen LogP contribution in [0.5, 0.6) is 11.8 Å². The second-order valence-electron chi connectivity index (χ2n) is 5.73. The highest BCUT2D eigenvalue weighted by Gasteiger charge is 2.15. The van der Waals surface area contributed by atoms with E-state index in [2.05, 4.69) is 58.8 Å². The van der Waals surface area contributed by atoms with Gasteiger partial charge in [0.15, 0.2) is 0 Å². The van der Waals surface area contributed by atoms with Gasteiger partial charge in [0.2, 0.25) is 0 Å². The minimum Gasteiger partial charge on any atom is -0.424 e. The molecule has 0 radical (unpaired) electrons. The van der Waals surface area contributed by atoms with E-state index in [0.29, 0.717) is 10.4 Å². The zero-order valence-electron chi connectivity index (χ0n) is 12.1. The quantitative estimate of drug-likeness (QED) is 0.834. The molecule has 0 amide bonds. The summed E-state index contributed by atoms with van der Waals surface area (Å²) in [6.45, 7) is 8.55. The molecule has 2 aromatic rings. The first-order valence-electron chi connectivity index (χ1n) is 6.35. The van der Waals surface area contributed by atoms with Crippen molar-refractivity contribution in [3.05, 3.63) is 40.0 Å². The number of ether oxygens (including phenoxy) is 1. The monoisotopic (exact) mass is 335 g/mol. The van der Waals surface area contributed by atoms with E-state index in [0.717, 1.165) is 11.3 Å². The molecule has 0 atom stereocenters. The Balaban J connectivity index is 2.30. The van der Waals surface area contributed by atoms with E-state index in [1.54, 1.807) is 6.07 Å². The number of aryl methyl sites for hydroxylation is 1. The Labute approximate surface area is 127 Å². The van der Waals surface area contributed by atoms with Crippen molar-refractivity contribution in [1.82, 2.24) is 9.97 Å². The summed E-state index contributed by atoms with van der Waals surface area (Å²) < 4.78 is 6.31. The maximum absolute atomic E-state index is 5.71. The molecule has 2 rings (SSSR count). The molecule has 1 aromatic carbocycles. The van der Waals surface area contributed by atoms with Gasteiger partial charge in [-0.25, -0.2) is 0 Å². The molecule has 0 unspecified atom stereocenters. The van der Waals surface area contributed by atoms with E-state index in [1.807, 2.05) is 13.0 Å². The van der Waals surface area contributed by atoms with Crippen molar-refractivity contribution < 1.29 is 4.74 Å². The lowest BCUT2D eigenvalue weighted by atomic mass is 9.86. The van der Waals surface area contributed by atoms with Gasteiger partial charge in [0.05, 0.1) is 0 Å². The Morgan fingerprint density at radius 3 is 2.40 bits per heavy atom. The van der Waals surface area contributed by atoms with Crippen LogP contribution in [-0.2, 0) is 5.41 Å². The Hall–Kier alpha value is -1.62. The average molecular weight is 336 g/mol. The van der Waals surface area contributed by atoms with Gasteiger partial charge in [0, 0.05) is 6.07 Å². The molecule has 1 heterocycles. The lowest BCUT2D eigenvalue weighted by Gasteiger charge is -2.20. The zero-order chi connectivity index (χ0) is 14.9. The Kier molecular flexibility index (Phi) is 3.99. The van der Waals surface area contributed by atoms with Gasteiger partial charge in [0.1, 0.15) is 16.2 Å². The van der Waals surface area contributed by atoms with E-state index in [9.17, 15) is 0 Å². The first-order valence-corrected chi connectivity index (χ1v) is 7.14. The summed E-state index contributed by atoms with van der Waals surface area (Å²) in [6, 6.07) is 7.99. The van der Waals surface area contributed by atoms with Gasteiger partial charge in [-0.2, -0.15) is 9.97 Å². The third-order valence-corrected chi connectivity index (χ3v) is 3.34. The summed E-state index contributed by atoms with van der Waals surface area (Å²) in [7, 11) is 0. The first kappa shape index (κ1) is 14.8. The Morgan fingerprint density at radius 2 is 1.85 bits per heavy atom. The fourth-order valence-electron chi connectivity index (χ4n) is 1.79. The van der Waals surface area contributed by atoms with Crippen molar-refractivity contribution in [2.24, 2.45) is 0 Å². The summed E-state index contributed by atoms with van der Waals surface area (Å²) in [5.74, 6) is 1.10. The Bertz CT molecular complexity index is 615. The number of benzene rings is 1. The lowest BCUT2D eigenvalue weighted by molar-refractivity contribution is 0.437. The molecule has 0 saturated heterocycles. The van der Waals surface area contributed by atoms with E-state index < -0.39 is 0 Å². The SMILES string of the molecule is Cc1cc(C(C)(C)C)ccc1Oc1nc(N)cc(Br)n1. The molecule has 106 valence electrons. The first-order chi connectivity index (χ1) is 9.25. The number of nitrogen functional groups attached to an aromatic ring is 1. The van der Waals surface area contributed by atoms with Gasteiger partial charge in [-0.05, 0) is 45.5 Å². The van der Waals surface area contributed by atoms with Gasteiger partial charge in [0.25, 0.3) is 0 Å². The van der Waals surface area contributed by atoms with Crippen LogP contribution in [-0.4, -0.2) is 9.97 Å². The van der Waals surface area contributed by atoms with Crippen molar-refractivity contribution in [2.75, 3.05) is 5.73 Å². The summed E-state index contributed by atoms with van der Waals surface area (Å²) in [5, 5.41) is 0. The van der Waals surface area contributed by atoms with Crippen LogP contribution in [0.2, 0.25) is 0 Å². The predicted octanol–water partition coefficient (Wildman–Crippen LogP) is 4.22. The zero-order valence-corrected chi connectivity index (χ0v) is 13.7. The van der Waals surface area contributed by atoms with Crippen LogP contribution in [0.25, 0.3) is 0 Å². The fraction of sp³-hybridized carbons (Fsp3) is 0.333. The number of anilines is 1. The normalized spacial score (nSPS) is 11.4. The summed E-state index contributed by atoms with van der Waals surface area (Å²) in [4.78, 5) is 8.20. The number of hydrogen-bond acceptors (Lipinski definition) is 4. The van der Waals surface area contributed by atoms with E-state index in [1.165, 1.54) is 5.56 Å². The topological polar surface area (TPSA) is 61.0 Å². The maximum Gasteiger partial charge on any atom is 0.325 e. The molecule has 0 aliphatic carbocycles. The smallest absolute Gasteiger partial charge is 0.325 e. The second-order valence-corrected chi connectivity index (χ2v) is 6.54. The number of rotatable bonds is 2. The predicted molar refractivity (Wildman–Crippen MR) is 84.1 cm³/mol. The number of nitrogens with zero attached hydrogens (tertiary/aromatic N) is 2. The molecule has 1 aromatic heterocycles. The summed E-state index contributed by atoms with van der Waals surface area (Å²) in [5.41, 5.74) is 8.08. The molecule has 0 bridgehead atoms. The van der Waals surface area contributed by atoms with Crippen molar-refractivity contribution in [3.8, 4) is 11.8 Å². The van der Waals surface area contributed by atoms with Gasteiger partial charge in [-0.3, -0.25) is 0 Å². The third kappa shape index (κ3) is 3.48. The standard InChI is InChI=1S/C15H18BrN3O/c1-9-7-10(15(2,3)4)5-6-11(9)20-14-18-12(16)8-13(17)19-14/h5-8H,1-4H3,(H2,17,18,19). The number of aromatic nitrogens is 2. The van der Waals surface area contributed by atoms with E-state index in [4.69, 9.17) is 10.5 Å². The van der Waals surface area contributed by atoms with Crippen LogP contribution in [0, 0.1) is 6.92 Å². The average Bonchev–Trinajstić information content (AvgIpc) is 2.29. The molecule has 5 heteroatoms. The van der Waals surface area contributed by atoms with Crippen molar-refractivity contribution >= 4 is 21.7 Å². The van der Waals surface area contributed by atoms with E-state index in [-0.39, 0.29) is 11.4 Å². The fourth-order valence-corrected chi connectivity index (χ4v) is 2.17. The minimum absolute atomic E-state index is 0.111. The molecule has 0 saturated carbocycles. The van der Waals surface area contributed by atoms with Gasteiger partial charge < -0.3 is 10.5 Å². The van der Waals surface area contributed by atoms with Crippen LogP contribution < -0.4 is 10.5 Å². The van der Waals surface area contributed by atoms with Crippen molar-refractivity contribution in [3.63, 3.8) is 0 Å². The molecule has 4 nitrogen and oxygen atoms in total. The van der Waals surface area contributed by atoms with Crippen LogP contribution in [0.3, 0.4) is 0 Å². The molecule has 0 aliphatic rings. The van der Waals surface area contributed by atoms with Gasteiger partial charge in [-0.1, -0.05) is 32.9 Å². The highest BCUT2D eigenvalue weighted by atomic mass is 79.9. The van der Waals surface area contributed by atoms with Crippen molar-refractivity contribution in [1.29, 1.82) is 0 Å². The highest BCUT2D eigenvalue weighted by Crippen LogP contribution is 2.29. The molecule has 0 fully saturated rings. The number of nitrogens with two attached hydrogens (primary N) is 1. The molecule has 0 spiro atoms. The van der Waals surface area contributed by atoms with Crippen LogP contribution in [0.4, 0.5) is 5.82 Å². The lowest BCUT2D eigenvalue weighted by Crippen LogP contribution is -2.11.